The van der Waals surface area contributed by atoms with Crippen LogP contribution in [0.25, 0.3) is 12.2 Å². The van der Waals surface area contributed by atoms with Crippen molar-refractivity contribution in [1.29, 1.82) is 31.6 Å². The van der Waals surface area contributed by atoms with Gasteiger partial charge < -0.3 is 28.7 Å². The number of aldehydes is 1. The Hall–Kier alpha value is -10.6. The molecule has 0 aromatic heterocycles. The van der Waals surface area contributed by atoms with Gasteiger partial charge in [0.05, 0.1) is 19.8 Å². The topological polar surface area (TPSA) is 203 Å². The molecule has 0 fully saturated rings. The highest BCUT2D eigenvalue weighted by atomic mass is 16.5. The quantitative estimate of drug-likeness (QED) is 0.0262. The van der Waals surface area contributed by atoms with Crippen LogP contribution in [0.1, 0.15) is 235 Å². The number of carbonyl (C=O) groups excluding carboxylic acids is 1. The third kappa shape index (κ3) is 23.0. The van der Waals surface area contributed by atoms with Gasteiger partial charge in [0, 0.05) is 66.4 Å². The maximum absolute atomic E-state index is 11.4. The van der Waals surface area contributed by atoms with E-state index >= 15 is 0 Å². The summed E-state index contributed by atoms with van der Waals surface area (Å²) in [4.78, 5) is 16.3. The third-order valence-corrected chi connectivity index (χ3v) is 20.6. The molecule has 4 aromatic rings. The molecule has 568 valence electrons. The Labute approximate surface area is 648 Å². The lowest BCUT2D eigenvalue weighted by molar-refractivity contribution is -0.104. The number of rotatable bonds is 31. The van der Waals surface area contributed by atoms with Crippen LogP contribution in [0.15, 0.2) is 212 Å². The molecule has 4 aromatic carbocycles. The molecular weight excluding hydrogens is 1330 g/mol. The standard InChI is InChI=1S/C47H56N4O2.C31H47NO2.C16H11N3O.CH4/c1-8-11-21-41-36(18-17-22-43-42(34-50)45(38(32-48)33-49)53-47(43,6)39-19-15-14-16-20-39)30-46(4,5)31-37(41)24-23-35-25-26-40(29-44(35)52-7)51(27-12-9-2)28-13-10-3;1-7-10-13-29-26(23-31(4,5)24-27(29)18-21-33)15-14-25-16-17-28(22-30(25)34-6)32(19-11-8-2)20-12-9-3;1-11-14(10-19)15(12(8-17)9-18)20-16(11,2)13-6-4-3-5-7-13;/h14-20,22-26,29H,8-13,21,27-28,30-31H2,1-7H3;14-18,21-22H,7-13,19-20,23-24H2,1-6H3;3-7H,1-2H3;1H4/b22-17+,24-23+,36-18+;15-14+,27-18+;;. The van der Waals surface area contributed by atoms with Crippen molar-refractivity contribution in [2.45, 2.75) is 224 Å². The Kier molecular flexibility index (Phi) is 35.3. The number of benzene rings is 4. The predicted octanol–water partition coefficient (Wildman–Crippen LogP) is 24.2. The van der Waals surface area contributed by atoms with E-state index in [1.54, 1.807) is 39.4 Å². The van der Waals surface area contributed by atoms with E-state index in [9.17, 15) is 25.8 Å². The summed E-state index contributed by atoms with van der Waals surface area (Å²) in [5.41, 5.74) is 13.9. The number of nitriles is 6. The third-order valence-electron chi connectivity index (χ3n) is 20.6. The first-order valence-corrected chi connectivity index (χ1v) is 38.6. The van der Waals surface area contributed by atoms with Gasteiger partial charge in [-0.25, -0.2) is 0 Å². The number of anilines is 2. The van der Waals surface area contributed by atoms with Crippen LogP contribution in [0.2, 0.25) is 0 Å². The van der Waals surface area contributed by atoms with Gasteiger partial charge in [-0.05, 0) is 189 Å². The van der Waals surface area contributed by atoms with E-state index in [4.69, 9.17) is 29.5 Å². The molecule has 0 saturated carbocycles. The van der Waals surface area contributed by atoms with E-state index < -0.39 is 11.2 Å². The second-order valence-electron chi connectivity index (χ2n) is 29.9. The fourth-order valence-corrected chi connectivity index (χ4v) is 14.4. The summed E-state index contributed by atoms with van der Waals surface area (Å²) in [5.74, 6) is 1.90. The molecule has 0 radical (unpaired) electrons. The number of unbranched alkanes of at least 4 members (excludes halogenated alkanes) is 6. The second kappa shape index (κ2) is 43.3. The summed E-state index contributed by atoms with van der Waals surface area (Å²) in [6, 6.07) is 44.0. The summed E-state index contributed by atoms with van der Waals surface area (Å²) in [6.45, 7) is 32.4. The molecular formula is C95H118N8O5. The largest absolute Gasteiger partial charge is 0.496 e. The highest BCUT2D eigenvalue weighted by molar-refractivity contribution is 5.71. The molecule has 0 amide bonds. The van der Waals surface area contributed by atoms with Gasteiger partial charge in [0.25, 0.3) is 0 Å². The van der Waals surface area contributed by atoms with Crippen molar-refractivity contribution in [3.63, 3.8) is 0 Å². The summed E-state index contributed by atoms with van der Waals surface area (Å²) >= 11 is 0. The normalized spacial score (nSPS) is 18.5. The monoisotopic (exact) mass is 1450 g/mol. The van der Waals surface area contributed by atoms with Gasteiger partial charge in [-0.15, -0.1) is 0 Å². The number of nitrogens with zero attached hydrogens (tertiary/aromatic N) is 8. The van der Waals surface area contributed by atoms with Crippen LogP contribution in [0, 0.1) is 78.8 Å². The Bertz CT molecular complexity index is 4320. The first-order chi connectivity index (χ1) is 51.5. The Morgan fingerprint density at radius 3 is 1.23 bits per heavy atom. The van der Waals surface area contributed by atoms with Crippen molar-refractivity contribution in [2.24, 2.45) is 10.8 Å². The summed E-state index contributed by atoms with van der Waals surface area (Å²) < 4.78 is 24.0. The van der Waals surface area contributed by atoms with Crippen molar-refractivity contribution in [3.8, 4) is 47.9 Å². The maximum atomic E-state index is 11.4. The smallest absolute Gasteiger partial charge is 0.172 e. The van der Waals surface area contributed by atoms with Gasteiger partial charge in [-0.3, -0.25) is 4.79 Å². The molecule has 13 nitrogen and oxygen atoms in total. The van der Waals surface area contributed by atoms with Crippen molar-refractivity contribution in [3.05, 3.63) is 234 Å². The molecule has 0 bridgehead atoms. The minimum Gasteiger partial charge on any atom is -0.496 e. The maximum Gasteiger partial charge on any atom is 0.172 e. The van der Waals surface area contributed by atoms with E-state index in [1.807, 2.05) is 105 Å². The lowest BCUT2D eigenvalue weighted by Gasteiger charge is -2.34. The van der Waals surface area contributed by atoms with Gasteiger partial charge in [-0.1, -0.05) is 218 Å². The molecule has 0 saturated heterocycles. The zero-order valence-corrected chi connectivity index (χ0v) is 66.6. The second-order valence-corrected chi connectivity index (χ2v) is 29.9. The number of ether oxygens (including phenoxy) is 4. The number of hydrogen-bond acceptors (Lipinski definition) is 13. The van der Waals surface area contributed by atoms with E-state index in [-0.39, 0.29) is 52.1 Å². The van der Waals surface area contributed by atoms with Crippen LogP contribution in [-0.4, -0.2) is 46.7 Å². The van der Waals surface area contributed by atoms with Crippen LogP contribution in [0.3, 0.4) is 0 Å². The molecule has 2 aliphatic carbocycles. The number of hydrogen-bond donors (Lipinski definition) is 0. The summed E-state index contributed by atoms with van der Waals surface area (Å²) in [7, 11) is 3.52. The Morgan fingerprint density at radius 2 is 0.861 bits per heavy atom. The first kappa shape index (κ1) is 88.1. The van der Waals surface area contributed by atoms with Crippen LogP contribution in [0.5, 0.6) is 11.5 Å². The molecule has 8 rings (SSSR count). The lowest BCUT2D eigenvalue weighted by atomic mass is 9.70. The average Bonchev–Trinajstić information content (AvgIpc) is 1.60. The molecule has 0 N–H and O–H groups in total. The van der Waals surface area contributed by atoms with Gasteiger partial charge in [0.15, 0.2) is 33.9 Å². The molecule has 108 heavy (non-hydrogen) atoms. The van der Waals surface area contributed by atoms with Crippen LogP contribution in [0.4, 0.5) is 11.4 Å². The summed E-state index contributed by atoms with van der Waals surface area (Å²) in [5, 5.41) is 56.9. The first-order valence-electron chi connectivity index (χ1n) is 38.6. The van der Waals surface area contributed by atoms with Crippen LogP contribution >= 0.6 is 0 Å². The molecule has 0 spiro atoms. The highest BCUT2D eigenvalue weighted by Gasteiger charge is 2.45. The minimum atomic E-state index is -1.05. The Balaban J connectivity index is 0.000000323. The molecule has 2 atom stereocenters. The van der Waals surface area contributed by atoms with Crippen molar-refractivity contribution in [2.75, 3.05) is 50.2 Å². The van der Waals surface area contributed by atoms with Gasteiger partial charge in [0.1, 0.15) is 59.8 Å². The summed E-state index contributed by atoms with van der Waals surface area (Å²) in [6.07, 6.45) is 37.7. The zero-order valence-electron chi connectivity index (χ0n) is 66.6. The van der Waals surface area contributed by atoms with E-state index in [0.29, 0.717) is 11.1 Å². The number of methoxy groups -OCH3 is 2. The zero-order chi connectivity index (χ0) is 78.2. The average molecular weight is 1450 g/mol. The SMILES string of the molecule is C.CC1=C(C#N)C(=C(C#N)C#N)OC1(C)c1ccccc1.CCCCC1=C(/C=C/c2ccc(N(CCCC)CCCC)cc2OC)CC(C)(C)C/C1=C\C=C\C1=C(C#N)C(=C(C#N)C#N)OC1(C)c1ccccc1.CCCCC1=C(/C=C/c2ccc(N(CCCC)CCCC)cc2OC)CC(C)(C)C/C1=C\C=O. The fraction of sp³-hybridized carbons (Fsp3) is 0.442. The van der Waals surface area contributed by atoms with Crippen LogP contribution < -0.4 is 19.3 Å². The van der Waals surface area contributed by atoms with Crippen LogP contribution in [-0.2, 0) is 25.5 Å². The van der Waals surface area contributed by atoms with E-state index in [0.717, 1.165) is 130 Å². The molecule has 13 heteroatoms. The molecule has 2 unspecified atom stereocenters. The van der Waals surface area contributed by atoms with Gasteiger partial charge >= 0.3 is 0 Å². The van der Waals surface area contributed by atoms with E-state index in [1.165, 1.54) is 96.2 Å². The molecule has 2 heterocycles. The number of carbonyl (C=O) groups is 1. The van der Waals surface area contributed by atoms with Crippen molar-refractivity contribution in [1.82, 2.24) is 0 Å². The highest BCUT2D eigenvalue weighted by Crippen LogP contribution is 2.50. The molecule has 4 aliphatic rings. The minimum absolute atomic E-state index is 0. The fourth-order valence-electron chi connectivity index (χ4n) is 14.4. The predicted molar refractivity (Wildman–Crippen MR) is 443 cm³/mol. The van der Waals surface area contributed by atoms with Crippen molar-refractivity contribution < 1.29 is 23.7 Å². The van der Waals surface area contributed by atoms with Gasteiger partial charge in [-0.2, -0.15) is 31.6 Å². The van der Waals surface area contributed by atoms with E-state index in [2.05, 4.69) is 152 Å². The van der Waals surface area contributed by atoms with Gasteiger partial charge in [0.2, 0.25) is 0 Å². The lowest BCUT2D eigenvalue weighted by Crippen LogP contribution is -2.25. The Morgan fingerprint density at radius 1 is 0.481 bits per heavy atom. The van der Waals surface area contributed by atoms with Crippen molar-refractivity contribution >= 4 is 29.8 Å². The molecule has 2 aliphatic heterocycles. The number of allylic oxidation sites excluding steroid dienone is 15.